The molecular weight excluding hydrogens is 236 g/mol. The molecule has 2 heterocycles. The van der Waals surface area contributed by atoms with Gasteiger partial charge in [0.15, 0.2) is 0 Å². The van der Waals surface area contributed by atoms with E-state index in [2.05, 4.69) is 21.9 Å². The zero-order valence-corrected chi connectivity index (χ0v) is 12.0. The number of rotatable bonds is 5. The third-order valence-corrected chi connectivity index (χ3v) is 5.23. The van der Waals surface area contributed by atoms with Crippen molar-refractivity contribution in [1.29, 1.82) is 0 Å². The molecule has 0 radical (unpaired) electrons. The van der Waals surface area contributed by atoms with Crippen LogP contribution in [0, 0.1) is 17.8 Å². The van der Waals surface area contributed by atoms with Crippen molar-refractivity contribution >= 4 is 0 Å². The topological polar surface area (TPSA) is 34.0 Å². The molecule has 19 heavy (non-hydrogen) atoms. The van der Waals surface area contributed by atoms with Gasteiger partial charge in [0.05, 0.1) is 0 Å². The van der Waals surface area contributed by atoms with Gasteiger partial charge in [-0.15, -0.1) is 0 Å². The van der Waals surface area contributed by atoms with E-state index >= 15 is 0 Å². The van der Waals surface area contributed by atoms with Gasteiger partial charge in [-0.25, -0.2) is 4.98 Å². The number of aryl methyl sites for hydroxylation is 1. The normalized spacial score (nSPS) is 32.2. The Morgan fingerprint density at radius 2 is 2.00 bits per heavy atom. The maximum Gasteiger partial charge on any atom is 0.137 e. The van der Waals surface area contributed by atoms with Crippen LogP contribution >= 0.6 is 0 Å². The molecule has 0 spiro atoms. The molecule has 106 valence electrons. The standard InChI is InChI=1S/C15H26N4/c1-13-14(5-8-19-12-16-11-17-19)9-15(13)10-18-6-3-2-4-7-18/h11-15H,2-10H2,1H3. The molecule has 3 atom stereocenters. The Labute approximate surface area is 116 Å². The summed E-state index contributed by atoms with van der Waals surface area (Å²) in [7, 11) is 0. The summed E-state index contributed by atoms with van der Waals surface area (Å²) in [6.45, 7) is 7.51. The number of likely N-dealkylation sites (tertiary alicyclic amines) is 1. The second-order valence-corrected chi connectivity index (χ2v) is 6.42. The second-order valence-electron chi connectivity index (χ2n) is 6.42. The van der Waals surface area contributed by atoms with E-state index in [1.807, 2.05) is 11.0 Å². The van der Waals surface area contributed by atoms with Crippen molar-refractivity contribution in [3.8, 4) is 0 Å². The summed E-state index contributed by atoms with van der Waals surface area (Å²) in [6, 6.07) is 0. The summed E-state index contributed by atoms with van der Waals surface area (Å²) >= 11 is 0. The van der Waals surface area contributed by atoms with Crippen molar-refractivity contribution < 1.29 is 0 Å². The predicted molar refractivity (Wildman–Crippen MR) is 75.7 cm³/mol. The van der Waals surface area contributed by atoms with Crippen molar-refractivity contribution in [3.05, 3.63) is 12.7 Å². The molecule has 0 bridgehead atoms. The molecular formula is C15H26N4. The maximum absolute atomic E-state index is 4.18. The second kappa shape index (κ2) is 6.04. The molecule has 4 heteroatoms. The number of nitrogens with zero attached hydrogens (tertiary/aromatic N) is 4. The molecule has 2 aliphatic rings. The number of piperidine rings is 1. The Balaban J connectivity index is 1.38. The van der Waals surface area contributed by atoms with Crippen molar-refractivity contribution in [2.75, 3.05) is 19.6 Å². The Kier molecular flexibility index (Phi) is 4.16. The van der Waals surface area contributed by atoms with Crippen LogP contribution in [0.1, 0.15) is 39.0 Å². The highest BCUT2D eigenvalue weighted by molar-refractivity contribution is 4.88. The molecule has 0 amide bonds. The smallest absolute Gasteiger partial charge is 0.137 e. The highest BCUT2D eigenvalue weighted by atomic mass is 15.3. The zero-order chi connectivity index (χ0) is 13.1. The van der Waals surface area contributed by atoms with Gasteiger partial charge in [0, 0.05) is 13.1 Å². The van der Waals surface area contributed by atoms with Crippen LogP contribution in [0.5, 0.6) is 0 Å². The summed E-state index contributed by atoms with van der Waals surface area (Å²) in [5.41, 5.74) is 0. The van der Waals surface area contributed by atoms with Crippen LogP contribution in [0.4, 0.5) is 0 Å². The summed E-state index contributed by atoms with van der Waals surface area (Å²) in [6.07, 6.45) is 10.4. The predicted octanol–water partition coefficient (Wildman–Crippen LogP) is 2.43. The van der Waals surface area contributed by atoms with Crippen LogP contribution in [0.3, 0.4) is 0 Å². The lowest BCUT2D eigenvalue weighted by Crippen LogP contribution is -2.44. The van der Waals surface area contributed by atoms with Gasteiger partial charge in [-0.2, -0.15) is 5.10 Å². The first-order chi connectivity index (χ1) is 9.33. The SMILES string of the molecule is CC1C(CCn2cncn2)CC1CN1CCCCC1. The zero-order valence-electron chi connectivity index (χ0n) is 12.0. The van der Waals surface area contributed by atoms with E-state index in [1.165, 1.54) is 51.7 Å². The van der Waals surface area contributed by atoms with E-state index in [-0.39, 0.29) is 0 Å². The van der Waals surface area contributed by atoms with Gasteiger partial charge >= 0.3 is 0 Å². The minimum atomic E-state index is 0.894. The lowest BCUT2D eigenvalue weighted by molar-refractivity contribution is 0.0364. The fourth-order valence-electron chi connectivity index (χ4n) is 3.75. The fourth-order valence-corrected chi connectivity index (χ4v) is 3.75. The van der Waals surface area contributed by atoms with E-state index in [9.17, 15) is 0 Å². The Morgan fingerprint density at radius 3 is 2.68 bits per heavy atom. The van der Waals surface area contributed by atoms with Gasteiger partial charge in [0.1, 0.15) is 12.7 Å². The molecule has 3 unspecified atom stereocenters. The van der Waals surface area contributed by atoms with Crippen LogP contribution in [-0.2, 0) is 6.54 Å². The summed E-state index contributed by atoms with van der Waals surface area (Å²) in [5, 5.41) is 4.18. The van der Waals surface area contributed by atoms with Crippen molar-refractivity contribution in [2.45, 2.75) is 45.6 Å². The first-order valence-electron chi connectivity index (χ1n) is 7.87. The molecule has 1 aliphatic carbocycles. The summed E-state index contributed by atoms with van der Waals surface area (Å²) in [5.74, 6) is 2.74. The minimum absolute atomic E-state index is 0.894. The Morgan fingerprint density at radius 1 is 1.16 bits per heavy atom. The van der Waals surface area contributed by atoms with Crippen molar-refractivity contribution in [3.63, 3.8) is 0 Å². The first-order valence-corrected chi connectivity index (χ1v) is 7.87. The van der Waals surface area contributed by atoms with Gasteiger partial charge < -0.3 is 4.90 Å². The summed E-state index contributed by atoms with van der Waals surface area (Å²) < 4.78 is 1.96. The number of hydrogen-bond acceptors (Lipinski definition) is 3. The molecule has 0 aromatic carbocycles. The Bertz CT molecular complexity index is 370. The fraction of sp³-hybridized carbons (Fsp3) is 0.867. The van der Waals surface area contributed by atoms with Crippen molar-refractivity contribution in [2.24, 2.45) is 17.8 Å². The minimum Gasteiger partial charge on any atom is -0.303 e. The average molecular weight is 262 g/mol. The summed E-state index contributed by atoms with van der Waals surface area (Å²) in [4.78, 5) is 6.69. The molecule has 1 saturated carbocycles. The van der Waals surface area contributed by atoms with Gasteiger partial charge in [-0.05, 0) is 56.5 Å². The molecule has 0 N–H and O–H groups in total. The van der Waals surface area contributed by atoms with Crippen molar-refractivity contribution in [1.82, 2.24) is 19.7 Å². The van der Waals surface area contributed by atoms with E-state index in [4.69, 9.17) is 0 Å². The van der Waals surface area contributed by atoms with Crippen LogP contribution in [0.25, 0.3) is 0 Å². The molecule has 1 saturated heterocycles. The van der Waals surface area contributed by atoms with Crippen LogP contribution in [-0.4, -0.2) is 39.3 Å². The lowest BCUT2D eigenvalue weighted by Gasteiger charge is -2.46. The van der Waals surface area contributed by atoms with Crippen LogP contribution in [0.15, 0.2) is 12.7 Å². The third kappa shape index (κ3) is 3.16. The molecule has 1 aromatic rings. The monoisotopic (exact) mass is 262 g/mol. The highest BCUT2D eigenvalue weighted by Crippen LogP contribution is 2.43. The van der Waals surface area contributed by atoms with E-state index in [0.29, 0.717) is 0 Å². The first kappa shape index (κ1) is 13.1. The largest absolute Gasteiger partial charge is 0.303 e. The molecule has 1 aromatic heterocycles. The average Bonchev–Trinajstić information content (AvgIpc) is 2.96. The quantitative estimate of drug-likeness (QED) is 0.817. The van der Waals surface area contributed by atoms with Gasteiger partial charge in [-0.1, -0.05) is 13.3 Å². The lowest BCUT2D eigenvalue weighted by atomic mass is 9.64. The maximum atomic E-state index is 4.18. The Hall–Kier alpha value is -0.900. The number of aromatic nitrogens is 3. The van der Waals surface area contributed by atoms with E-state index in [1.54, 1.807) is 6.33 Å². The number of hydrogen-bond donors (Lipinski definition) is 0. The third-order valence-electron chi connectivity index (χ3n) is 5.23. The molecule has 1 aliphatic heterocycles. The molecule has 4 nitrogen and oxygen atoms in total. The molecule has 2 fully saturated rings. The van der Waals surface area contributed by atoms with Crippen LogP contribution in [0.2, 0.25) is 0 Å². The molecule has 3 rings (SSSR count). The van der Waals surface area contributed by atoms with E-state index < -0.39 is 0 Å². The van der Waals surface area contributed by atoms with Gasteiger partial charge in [-0.3, -0.25) is 4.68 Å². The van der Waals surface area contributed by atoms with Crippen LogP contribution < -0.4 is 0 Å². The van der Waals surface area contributed by atoms with Gasteiger partial charge in [0.25, 0.3) is 0 Å². The van der Waals surface area contributed by atoms with E-state index in [0.717, 1.165) is 24.3 Å². The highest BCUT2D eigenvalue weighted by Gasteiger charge is 2.37. The van der Waals surface area contributed by atoms with Gasteiger partial charge in [0.2, 0.25) is 0 Å².